The normalized spacial score (nSPS) is 9.69. The van der Waals surface area contributed by atoms with E-state index in [1.54, 1.807) is 6.20 Å². The maximum atomic E-state index is 10.9. The number of nitrogens with two attached hydrogens (primary N) is 1. The van der Waals surface area contributed by atoms with Gasteiger partial charge in [0.25, 0.3) is 0 Å². The monoisotopic (exact) mass is 176 g/mol. The first-order valence-corrected chi connectivity index (χ1v) is 3.94. The van der Waals surface area contributed by atoms with Crippen LogP contribution in [0.1, 0.15) is 16.8 Å². The van der Waals surface area contributed by atoms with Crippen molar-refractivity contribution in [1.29, 1.82) is 0 Å². The second-order valence-corrected chi connectivity index (χ2v) is 2.99. The van der Waals surface area contributed by atoms with E-state index in [4.69, 9.17) is 5.73 Å². The van der Waals surface area contributed by atoms with E-state index < -0.39 is 5.91 Å². The Labute approximate surface area is 77.3 Å². The minimum atomic E-state index is -0.504. The van der Waals surface area contributed by atoms with Crippen molar-refractivity contribution in [2.45, 2.75) is 13.8 Å². The van der Waals surface area contributed by atoms with Gasteiger partial charge in [-0.05, 0) is 25.5 Å². The Morgan fingerprint density at radius 1 is 1.54 bits per heavy atom. The number of carbonyl (C=O) groups excluding carboxylic acids is 1. The predicted molar refractivity (Wildman–Crippen MR) is 51.9 cm³/mol. The fraction of sp³-hybridized carbons (Fsp3) is 0.200. The lowest BCUT2D eigenvalue weighted by Crippen LogP contribution is -2.13. The summed E-state index contributed by atoms with van der Waals surface area (Å²) in [5.74, 6) is -0.504. The molecule has 0 atom stereocenters. The average molecular weight is 176 g/mol. The van der Waals surface area contributed by atoms with Crippen molar-refractivity contribution in [3.8, 4) is 0 Å². The summed E-state index contributed by atoms with van der Waals surface area (Å²) in [5.41, 5.74) is 7.92. The van der Waals surface area contributed by atoms with Gasteiger partial charge in [0, 0.05) is 23.0 Å². The minimum absolute atomic E-state index is 0.314. The number of hydrogen-bond donors (Lipinski definition) is 1. The molecule has 0 fully saturated rings. The van der Waals surface area contributed by atoms with E-state index in [1.165, 1.54) is 0 Å². The molecule has 3 heteroatoms. The standard InChI is InChI=1S/C10H12N2O/c1-6-4-9(7(2)10(11)13)8(3)12-5-6/h4-5H,2H2,1,3H3,(H2,11,13). The number of aryl methyl sites for hydroxylation is 2. The Kier molecular flexibility index (Phi) is 2.46. The fourth-order valence-corrected chi connectivity index (χ4v) is 1.08. The molecule has 1 rings (SSSR count). The van der Waals surface area contributed by atoms with Crippen LogP contribution in [0.25, 0.3) is 5.57 Å². The maximum absolute atomic E-state index is 10.9. The molecule has 3 nitrogen and oxygen atoms in total. The molecule has 0 saturated carbocycles. The summed E-state index contributed by atoms with van der Waals surface area (Å²) in [6.07, 6.45) is 1.74. The highest BCUT2D eigenvalue weighted by Gasteiger charge is 2.08. The van der Waals surface area contributed by atoms with Gasteiger partial charge in [-0.1, -0.05) is 6.58 Å². The van der Waals surface area contributed by atoms with E-state index in [9.17, 15) is 4.79 Å². The highest BCUT2D eigenvalue weighted by atomic mass is 16.1. The number of pyridine rings is 1. The largest absolute Gasteiger partial charge is 0.366 e. The number of amides is 1. The summed E-state index contributed by atoms with van der Waals surface area (Å²) in [5, 5.41) is 0. The molecule has 0 aliphatic rings. The van der Waals surface area contributed by atoms with E-state index >= 15 is 0 Å². The average Bonchev–Trinajstić information content (AvgIpc) is 2.08. The Morgan fingerprint density at radius 2 is 2.15 bits per heavy atom. The molecule has 0 aromatic carbocycles. The van der Waals surface area contributed by atoms with E-state index in [0.717, 1.165) is 16.8 Å². The van der Waals surface area contributed by atoms with Crippen LogP contribution in [0.15, 0.2) is 18.8 Å². The van der Waals surface area contributed by atoms with Crippen LogP contribution < -0.4 is 5.73 Å². The third-order valence-electron chi connectivity index (χ3n) is 1.85. The predicted octanol–water partition coefficient (Wildman–Crippen LogP) is 1.20. The van der Waals surface area contributed by atoms with Gasteiger partial charge in [-0.25, -0.2) is 0 Å². The Bertz CT molecular complexity index is 369. The van der Waals surface area contributed by atoms with Crippen molar-refractivity contribution >= 4 is 11.5 Å². The van der Waals surface area contributed by atoms with E-state index in [-0.39, 0.29) is 0 Å². The van der Waals surface area contributed by atoms with Crippen molar-refractivity contribution in [3.05, 3.63) is 35.7 Å². The SMILES string of the molecule is C=C(C(N)=O)c1cc(C)cnc1C. The molecular formula is C10H12N2O. The van der Waals surface area contributed by atoms with Gasteiger partial charge in [0.1, 0.15) is 0 Å². The third kappa shape index (κ3) is 1.93. The van der Waals surface area contributed by atoms with Crippen molar-refractivity contribution in [2.24, 2.45) is 5.73 Å². The zero-order valence-electron chi connectivity index (χ0n) is 7.79. The fourth-order valence-electron chi connectivity index (χ4n) is 1.08. The van der Waals surface area contributed by atoms with Crippen LogP contribution >= 0.6 is 0 Å². The van der Waals surface area contributed by atoms with Crippen molar-refractivity contribution in [1.82, 2.24) is 4.98 Å². The van der Waals surface area contributed by atoms with Gasteiger partial charge in [0.15, 0.2) is 0 Å². The molecule has 2 N–H and O–H groups in total. The van der Waals surface area contributed by atoms with Crippen LogP contribution in [0.5, 0.6) is 0 Å². The minimum Gasteiger partial charge on any atom is -0.366 e. The lowest BCUT2D eigenvalue weighted by atomic mass is 10.0. The molecule has 0 bridgehead atoms. The molecule has 0 radical (unpaired) electrons. The molecule has 13 heavy (non-hydrogen) atoms. The molecule has 1 heterocycles. The second kappa shape index (κ2) is 3.39. The van der Waals surface area contributed by atoms with Gasteiger partial charge in [0.2, 0.25) is 5.91 Å². The van der Waals surface area contributed by atoms with Gasteiger partial charge < -0.3 is 5.73 Å². The number of nitrogens with zero attached hydrogens (tertiary/aromatic N) is 1. The first kappa shape index (κ1) is 9.45. The van der Waals surface area contributed by atoms with Gasteiger partial charge in [0.05, 0.1) is 0 Å². The van der Waals surface area contributed by atoms with Crippen molar-refractivity contribution in [3.63, 3.8) is 0 Å². The summed E-state index contributed by atoms with van der Waals surface area (Å²) in [7, 11) is 0. The van der Waals surface area contributed by atoms with Crippen LogP contribution in [-0.2, 0) is 4.79 Å². The third-order valence-corrected chi connectivity index (χ3v) is 1.85. The zero-order valence-corrected chi connectivity index (χ0v) is 7.79. The first-order chi connectivity index (χ1) is 6.02. The summed E-state index contributed by atoms with van der Waals surface area (Å²) in [6, 6.07) is 1.86. The Hall–Kier alpha value is -1.64. The Morgan fingerprint density at radius 3 is 2.69 bits per heavy atom. The lowest BCUT2D eigenvalue weighted by molar-refractivity contribution is -0.112. The summed E-state index contributed by atoms with van der Waals surface area (Å²) in [4.78, 5) is 15.0. The van der Waals surface area contributed by atoms with Crippen LogP contribution in [0, 0.1) is 13.8 Å². The molecule has 0 spiro atoms. The molecule has 1 amide bonds. The number of primary amides is 1. The summed E-state index contributed by atoms with van der Waals surface area (Å²) >= 11 is 0. The van der Waals surface area contributed by atoms with Crippen LogP contribution in [0.2, 0.25) is 0 Å². The molecular weight excluding hydrogens is 164 g/mol. The maximum Gasteiger partial charge on any atom is 0.248 e. The van der Waals surface area contributed by atoms with E-state index in [0.29, 0.717) is 5.57 Å². The molecule has 0 aliphatic heterocycles. The quantitative estimate of drug-likeness (QED) is 0.688. The molecule has 0 saturated heterocycles. The Balaban J connectivity index is 3.21. The van der Waals surface area contributed by atoms with Gasteiger partial charge in [-0.2, -0.15) is 0 Å². The second-order valence-electron chi connectivity index (χ2n) is 2.99. The molecule has 0 aliphatic carbocycles. The molecule has 68 valence electrons. The number of hydrogen-bond acceptors (Lipinski definition) is 2. The van der Waals surface area contributed by atoms with Crippen LogP contribution in [0.3, 0.4) is 0 Å². The zero-order chi connectivity index (χ0) is 10.0. The highest BCUT2D eigenvalue weighted by Crippen LogP contribution is 2.15. The number of rotatable bonds is 2. The van der Waals surface area contributed by atoms with E-state index in [2.05, 4.69) is 11.6 Å². The topological polar surface area (TPSA) is 56.0 Å². The number of aromatic nitrogens is 1. The van der Waals surface area contributed by atoms with Gasteiger partial charge >= 0.3 is 0 Å². The summed E-state index contributed by atoms with van der Waals surface area (Å²) in [6.45, 7) is 7.34. The summed E-state index contributed by atoms with van der Waals surface area (Å²) < 4.78 is 0. The van der Waals surface area contributed by atoms with Gasteiger partial charge in [-0.15, -0.1) is 0 Å². The molecule has 1 aromatic rings. The molecule has 0 unspecified atom stereocenters. The first-order valence-electron chi connectivity index (χ1n) is 3.94. The smallest absolute Gasteiger partial charge is 0.248 e. The van der Waals surface area contributed by atoms with Crippen LogP contribution in [0.4, 0.5) is 0 Å². The highest BCUT2D eigenvalue weighted by molar-refractivity contribution is 6.18. The lowest BCUT2D eigenvalue weighted by Gasteiger charge is -2.05. The van der Waals surface area contributed by atoms with E-state index in [1.807, 2.05) is 19.9 Å². The van der Waals surface area contributed by atoms with Crippen molar-refractivity contribution in [2.75, 3.05) is 0 Å². The number of carbonyl (C=O) groups is 1. The van der Waals surface area contributed by atoms with Crippen molar-refractivity contribution < 1.29 is 4.79 Å². The van der Waals surface area contributed by atoms with Gasteiger partial charge in [-0.3, -0.25) is 9.78 Å². The molecule has 1 aromatic heterocycles. The van der Waals surface area contributed by atoms with Crippen LogP contribution in [-0.4, -0.2) is 10.9 Å².